The number of aryl methyl sites for hydroxylation is 1. The van der Waals surface area contributed by atoms with Crippen LogP contribution in [0.15, 0.2) is 67.0 Å². The van der Waals surface area contributed by atoms with Crippen LogP contribution in [0.4, 0.5) is 24.9 Å². The third kappa shape index (κ3) is 8.10. The van der Waals surface area contributed by atoms with Crippen LogP contribution in [0.25, 0.3) is 11.2 Å². The molecule has 17 heteroatoms. The quantitative estimate of drug-likeness (QED) is 0.145. The number of fused-ring (bicyclic) bond motifs is 1. The molecule has 0 bridgehead atoms. The van der Waals surface area contributed by atoms with Crippen LogP contribution in [0.2, 0.25) is 0 Å². The van der Waals surface area contributed by atoms with Gasteiger partial charge in [0.2, 0.25) is 5.95 Å². The normalized spacial score (nSPS) is 20.9. The number of esters is 1. The van der Waals surface area contributed by atoms with Crippen LogP contribution in [0.1, 0.15) is 67.6 Å². The average molecular weight is 734 g/mol. The number of anilines is 2. The molecular formula is C36H42F3N11O3. The number of aromatic nitrogens is 8. The average Bonchev–Trinajstić information content (AvgIpc) is 3.90. The number of imidazole rings is 1. The third-order valence-corrected chi connectivity index (χ3v) is 9.97. The molecular weight excluding hydrogens is 691 g/mol. The fraction of sp³-hybridized carbons (Fsp3) is 0.472. The van der Waals surface area contributed by atoms with Crippen LogP contribution in [0.3, 0.4) is 0 Å². The summed E-state index contributed by atoms with van der Waals surface area (Å²) in [7, 11) is 0. The second-order valence-electron chi connectivity index (χ2n) is 13.4. The van der Waals surface area contributed by atoms with Gasteiger partial charge in [-0.15, -0.1) is 10.2 Å². The van der Waals surface area contributed by atoms with Crippen molar-refractivity contribution in [3.63, 3.8) is 0 Å². The molecule has 5 aromatic rings. The number of aliphatic hydroxyl groups is 1. The number of rotatable bonds is 13. The number of ether oxygens (including phenoxy) is 1. The lowest BCUT2D eigenvalue weighted by molar-refractivity contribution is -0.210. The third-order valence-electron chi connectivity index (χ3n) is 9.97. The summed E-state index contributed by atoms with van der Waals surface area (Å²) in [5, 5.41) is 30.5. The highest BCUT2D eigenvalue weighted by molar-refractivity contribution is 5.84. The monoisotopic (exact) mass is 733 g/mol. The van der Waals surface area contributed by atoms with Gasteiger partial charge in [0.25, 0.3) is 0 Å². The van der Waals surface area contributed by atoms with Gasteiger partial charge in [0, 0.05) is 32.0 Å². The van der Waals surface area contributed by atoms with Crippen molar-refractivity contribution in [1.82, 2.24) is 44.6 Å². The molecule has 0 unspecified atom stereocenters. The molecule has 0 radical (unpaired) electrons. The van der Waals surface area contributed by atoms with E-state index in [9.17, 15) is 23.1 Å². The lowest BCUT2D eigenvalue weighted by atomic mass is 9.91. The van der Waals surface area contributed by atoms with Crippen LogP contribution < -0.4 is 10.6 Å². The van der Waals surface area contributed by atoms with Gasteiger partial charge < -0.3 is 29.9 Å². The van der Waals surface area contributed by atoms with Crippen molar-refractivity contribution >= 4 is 28.9 Å². The molecule has 1 aliphatic heterocycles. The minimum Gasteiger partial charge on any atom is -0.451 e. The number of nitrogens with zero attached hydrogens (tertiary/aromatic N) is 9. The van der Waals surface area contributed by atoms with E-state index in [4.69, 9.17) is 14.7 Å². The first-order valence-corrected chi connectivity index (χ1v) is 18.0. The van der Waals surface area contributed by atoms with Crippen molar-refractivity contribution in [1.29, 1.82) is 0 Å². The van der Waals surface area contributed by atoms with E-state index in [1.165, 1.54) is 17.5 Å². The van der Waals surface area contributed by atoms with E-state index in [0.717, 1.165) is 43.6 Å². The van der Waals surface area contributed by atoms with Gasteiger partial charge in [-0.2, -0.15) is 27.9 Å². The van der Waals surface area contributed by atoms with Gasteiger partial charge in [-0.1, -0.05) is 74.0 Å². The molecule has 3 N–H and O–H groups in total. The standard InChI is InChI=1S/C36H42F3N11O3/c1-2-28-45-47-50(46-28)26-20-27(31(30(26)51)53-34(52)36(37,38)39)49-22-42-29-32(43-35(44-33(29)49)40-16-19-48-17-10-5-11-18-48)41-21-25(23-12-6-3-7-13-23)24-14-8-4-9-15-24/h3-4,6-9,12-15,22,25-27,30-31,51H,2,5,10-11,16-21H2,1H3,(H2,40,41,43,44)/t26-,27+,30+,31-/m0/s1. The molecule has 1 saturated carbocycles. The van der Waals surface area contributed by atoms with Crippen LogP contribution in [0.5, 0.6) is 0 Å². The van der Waals surface area contributed by atoms with E-state index in [1.807, 2.05) is 43.3 Å². The fourth-order valence-electron chi connectivity index (χ4n) is 7.21. The van der Waals surface area contributed by atoms with Gasteiger partial charge in [-0.3, -0.25) is 0 Å². The Morgan fingerprint density at radius 2 is 1.68 bits per heavy atom. The Balaban J connectivity index is 1.25. The number of nitrogens with one attached hydrogen (secondary N) is 2. The summed E-state index contributed by atoms with van der Waals surface area (Å²) >= 11 is 0. The Morgan fingerprint density at radius 3 is 2.32 bits per heavy atom. The summed E-state index contributed by atoms with van der Waals surface area (Å²) in [6.45, 7) is 5.64. The molecule has 0 amide bonds. The molecule has 4 atom stereocenters. The van der Waals surface area contributed by atoms with Crippen molar-refractivity contribution < 1.29 is 27.8 Å². The van der Waals surface area contributed by atoms with Gasteiger partial charge in [-0.05, 0) is 48.7 Å². The summed E-state index contributed by atoms with van der Waals surface area (Å²) in [6.07, 6.45) is -3.11. The van der Waals surface area contributed by atoms with Crippen LogP contribution in [-0.4, -0.2) is 107 Å². The number of tetrazole rings is 1. The first-order chi connectivity index (χ1) is 25.7. The topological polar surface area (TPSA) is 161 Å². The first-order valence-electron chi connectivity index (χ1n) is 18.0. The second-order valence-corrected chi connectivity index (χ2v) is 13.4. The molecule has 2 aromatic carbocycles. The maximum Gasteiger partial charge on any atom is 0.490 e. The lowest BCUT2D eigenvalue weighted by Crippen LogP contribution is -2.39. The molecule has 280 valence electrons. The number of likely N-dealkylation sites (tertiary alicyclic amines) is 1. The van der Waals surface area contributed by atoms with E-state index >= 15 is 0 Å². The van der Waals surface area contributed by atoms with Crippen molar-refractivity contribution in [3.8, 4) is 0 Å². The Hall–Kier alpha value is -5.16. The predicted molar refractivity (Wildman–Crippen MR) is 189 cm³/mol. The molecule has 0 spiro atoms. The minimum absolute atomic E-state index is 0.00345. The van der Waals surface area contributed by atoms with Crippen molar-refractivity contribution in [3.05, 3.63) is 83.9 Å². The molecule has 7 rings (SSSR count). The summed E-state index contributed by atoms with van der Waals surface area (Å²) in [5.41, 5.74) is 2.83. The zero-order valence-corrected chi connectivity index (χ0v) is 29.2. The maximum absolute atomic E-state index is 13.5. The Bertz CT molecular complexity index is 1930. The van der Waals surface area contributed by atoms with Crippen LogP contribution in [0, 0.1) is 0 Å². The van der Waals surface area contributed by atoms with E-state index in [0.29, 0.717) is 42.6 Å². The first kappa shape index (κ1) is 36.2. The highest BCUT2D eigenvalue weighted by Crippen LogP contribution is 2.42. The largest absolute Gasteiger partial charge is 0.490 e. The highest BCUT2D eigenvalue weighted by Gasteiger charge is 2.52. The Morgan fingerprint density at radius 1 is 0.981 bits per heavy atom. The molecule has 53 heavy (non-hydrogen) atoms. The van der Waals surface area contributed by atoms with E-state index < -0.39 is 36.4 Å². The maximum atomic E-state index is 13.5. The molecule has 14 nitrogen and oxygen atoms in total. The van der Waals surface area contributed by atoms with E-state index in [2.05, 4.69) is 60.2 Å². The van der Waals surface area contributed by atoms with Crippen molar-refractivity contribution in [2.45, 2.75) is 75.4 Å². The number of hydrogen-bond acceptors (Lipinski definition) is 12. The number of aliphatic hydroxyl groups excluding tert-OH is 1. The number of halogens is 3. The second kappa shape index (κ2) is 15.8. The van der Waals surface area contributed by atoms with E-state index in [-0.39, 0.29) is 18.0 Å². The highest BCUT2D eigenvalue weighted by atomic mass is 19.4. The molecule has 1 aliphatic carbocycles. The number of benzene rings is 2. The fourth-order valence-corrected chi connectivity index (χ4v) is 7.21. The summed E-state index contributed by atoms with van der Waals surface area (Å²) in [6, 6.07) is 18.2. The van der Waals surface area contributed by atoms with Gasteiger partial charge in [-0.25, -0.2) is 9.78 Å². The van der Waals surface area contributed by atoms with Gasteiger partial charge in [0.1, 0.15) is 12.1 Å². The SMILES string of the molecule is CCc1nnn([C@H]2C[C@@H](n3cnc4c(NCC(c5ccccc5)c5ccccc5)nc(NCCN5CCCCC5)nc43)[C@H](OC(=O)C(F)(F)F)[C@@H]2O)n1. The molecule has 4 heterocycles. The smallest absolute Gasteiger partial charge is 0.451 e. The summed E-state index contributed by atoms with van der Waals surface area (Å²) in [4.78, 5) is 30.0. The summed E-state index contributed by atoms with van der Waals surface area (Å²) < 4.78 is 47.1. The molecule has 2 aliphatic rings. The minimum atomic E-state index is -5.28. The Kier molecular flexibility index (Phi) is 10.8. The lowest BCUT2D eigenvalue weighted by Gasteiger charge is -2.26. The zero-order chi connectivity index (χ0) is 37.0. The Labute approximate surface area is 303 Å². The molecule has 2 fully saturated rings. The number of hydrogen-bond donors (Lipinski definition) is 3. The number of carbonyl (C=O) groups is 1. The molecule has 3 aromatic heterocycles. The van der Waals surface area contributed by atoms with E-state index in [1.54, 1.807) is 4.57 Å². The molecule has 1 saturated heterocycles. The predicted octanol–water partition coefficient (Wildman–Crippen LogP) is 4.54. The zero-order valence-electron chi connectivity index (χ0n) is 29.2. The number of piperidine rings is 1. The van der Waals surface area contributed by atoms with Gasteiger partial charge in [0.05, 0.1) is 12.4 Å². The van der Waals surface area contributed by atoms with Crippen molar-refractivity contribution in [2.75, 3.05) is 43.4 Å². The number of carbonyl (C=O) groups excluding carboxylic acids is 1. The van der Waals surface area contributed by atoms with Crippen molar-refractivity contribution in [2.24, 2.45) is 0 Å². The van der Waals surface area contributed by atoms with Crippen LogP contribution >= 0.6 is 0 Å². The van der Waals surface area contributed by atoms with Gasteiger partial charge in [0.15, 0.2) is 28.9 Å². The van der Waals surface area contributed by atoms with Crippen LogP contribution in [-0.2, 0) is 16.0 Å². The number of alkyl halides is 3. The van der Waals surface area contributed by atoms with Gasteiger partial charge >= 0.3 is 12.1 Å². The summed E-state index contributed by atoms with van der Waals surface area (Å²) in [5.74, 6) is -1.37.